The lowest BCUT2D eigenvalue weighted by Crippen LogP contribution is -2.65. The first kappa shape index (κ1) is 25.2. The number of nitrogens with one attached hydrogen (secondary N) is 1. The van der Waals surface area contributed by atoms with Gasteiger partial charge in [0.1, 0.15) is 5.54 Å². The van der Waals surface area contributed by atoms with E-state index >= 15 is 0 Å². The lowest BCUT2D eigenvalue weighted by Gasteiger charge is -2.45. The van der Waals surface area contributed by atoms with Crippen LogP contribution in [0.15, 0.2) is 24.3 Å². The number of hydrogen-bond acceptors (Lipinski definition) is 4. The Morgan fingerprint density at radius 2 is 1.72 bits per heavy atom. The monoisotopic (exact) mass is 493 g/mol. The maximum Gasteiger partial charge on any atom is 0.290 e. The molecule has 196 valence electrons. The normalized spacial score (nSPS) is 31.4. The molecule has 1 saturated carbocycles. The van der Waals surface area contributed by atoms with E-state index in [-0.39, 0.29) is 17.9 Å². The summed E-state index contributed by atoms with van der Waals surface area (Å²) in [5.74, 6) is 2.43. The van der Waals surface area contributed by atoms with E-state index in [2.05, 4.69) is 36.0 Å². The molecule has 2 aromatic rings. The molecule has 1 saturated heterocycles. The molecular weight excluding hydrogens is 450 g/mol. The zero-order valence-electron chi connectivity index (χ0n) is 22.5. The van der Waals surface area contributed by atoms with Crippen molar-refractivity contribution in [3.05, 3.63) is 30.1 Å². The van der Waals surface area contributed by atoms with Crippen molar-refractivity contribution in [2.24, 2.45) is 17.8 Å². The van der Waals surface area contributed by atoms with Crippen LogP contribution in [-0.2, 0) is 11.3 Å². The van der Waals surface area contributed by atoms with Crippen molar-refractivity contribution in [1.82, 2.24) is 24.7 Å². The molecule has 3 atom stereocenters. The van der Waals surface area contributed by atoms with E-state index in [1.807, 2.05) is 40.7 Å². The first-order valence-electron chi connectivity index (χ1n) is 14.0. The van der Waals surface area contributed by atoms with Crippen LogP contribution in [0.2, 0.25) is 0 Å². The summed E-state index contributed by atoms with van der Waals surface area (Å²) in [5.41, 5.74) is 0.782. The Hall–Kier alpha value is -2.41. The van der Waals surface area contributed by atoms with Gasteiger partial charge in [0.25, 0.3) is 5.91 Å². The fourth-order valence-electron chi connectivity index (χ4n) is 6.85. The molecule has 1 aromatic carbocycles. The Morgan fingerprint density at radius 3 is 2.44 bits per heavy atom. The predicted octanol–water partition coefficient (Wildman–Crippen LogP) is 4.31. The fourth-order valence-corrected chi connectivity index (χ4v) is 6.85. The Morgan fingerprint density at radius 1 is 1.03 bits per heavy atom. The van der Waals surface area contributed by atoms with Gasteiger partial charge < -0.3 is 19.7 Å². The smallest absolute Gasteiger partial charge is 0.290 e. The van der Waals surface area contributed by atoms with Gasteiger partial charge in [-0.3, -0.25) is 9.59 Å². The van der Waals surface area contributed by atoms with Crippen LogP contribution in [0.1, 0.15) is 76.8 Å². The van der Waals surface area contributed by atoms with Crippen LogP contribution in [0.4, 0.5) is 0 Å². The highest BCUT2D eigenvalue weighted by Crippen LogP contribution is 2.32. The number of nitrogens with zero attached hydrogens (tertiary/aromatic N) is 4. The quantitative estimate of drug-likeness (QED) is 0.651. The Balaban J connectivity index is 1.37. The number of fused-ring (bicyclic) bond motifs is 3. The number of hydrogen-bond donors (Lipinski definition) is 1. The van der Waals surface area contributed by atoms with E-state index in [1.54, 1.807) is 0 Å². The number of para-hydroxylation sites is 2. The highest BCUT2D eigenvalue weighted by Gasteiger charge is 2.48. The Bertz CT molecular complexity index is 1090. The van der Waals surface area contributed by atoms with E-state index in [9.17, 15) is 9.59 Å². The van der Waals surface area contributed by atoms with Crippen molar-refractivity contribution in [1.29, 1.82) is 0 Å². The van der Waals surface area contributed by atoms with Gasteiger partial charge >= 0.3 is 0 Å². The largest absolute Gasteiger partial charge is 0.351 e. The molecular formula is C29H43N5O2. The molecule has 2 fully saturated rings. The van der Waals surface area contributed by atoms with E-state index in [0.29, 0.717) is 30.7 Å². The minimum absolute atomic E-state index is 0.0287. The van der Waals surface area contributed by atoms with E-state index in [1.165, 1.54) is 6.42 Å². The second kappa shape index (κ2) is 10.2. The van der Waals surface area contributed by atoms with Gasteiger partial charge in [0.15, 0.2) is 5.82 Å². The standard InChI is InChI=1S/C29H43N5O2/c1-20-10-12-23(13-11-20)30-28(36)29(4)19-33-25-9-6-5-8-24(25)31-26(33)27(35)34(29)15-7-14-32-17-21(2)16-22(3)18-32/h5-6,8-9,20-23H,7,10-19H2,1-4H3,(H,30,36)/t20?,21-,22+,23?,29-/m1/s1. The van der Waals surface area contributed by atoms with Crippen LogP contribution in [0.3, 0.4) is 0 Å². The average Bonchev–Trinajstić information content (AvgIpc) is 3.20. The van der Waals surface area contributed by atoms with Gasteiger partial charge in [-0.25, -0.2) is 4.98 Å². The maximum atomic E-state index is 13.9. The third-order valence-electron chi connectivity index (χ3n) is 8.79. The molecule has 0 bridgehead atoms. The van der Waals surface area contributed by atoms with Crippen molar-refractivity contribution in [3.8, 4) is 0 Å². The SMILES string of the molecule is CC1CCC(NC(=O)[C@@]2(C)Cn3c(nc4ccccc43)C(=O)N2CCCN2C[C@H](C)C[C@H](C)C2)CC1. The molecule has 5 rings (SSSR count). The van der Waals surface area contributed by atoms with Gasteiger partial charge in [0.05, 0.1) is 17.6 Å². The summed E-state index contributed by atoms with van der Waals surface area (Å²) in [5, 5.41) is 3.35. The molecule has 7 heteroatoms. The average molecular weight is 494 g/mol. The van der Waals surface area contributed by atoms with E-state index < -0.39 is 5.54 Å². The molecule has 0 unspecified atom stereocenters. The van der Waals surface area contributed by atoms with Gasteiger partial charge in [-0.15, -0.1) is 0 Å². The molecule has 1 aromatic heterocycles. The van der Waals surface area contributed by atoms with Crippen molar-refractivity contribution in [3.63, 3.8) is 0 Å². The summed E-state index contributed by atoms with van der Waals surface area (Å²) in [6.07, 6.45) is 6.47. The molecule has 1 N–H and O–H groups in total. The fraction of sp³-hybridized carbons (Fsp3) is 0.690. The highest BCUT2D eigenvalue weighted by molar-refractivity contribution is 6.01. The number of piperidine rings is 1. The van der Waals surface area contributed by atoms with Crippen LogP contribution in [0, 0.1) is 17.8 Å². The Kier molecular flexibility index (Phi) is 7.12. The third kappa shape index (κ3) is 4.91. The lowest BCUT2D eigenvalue weighted by molar-refractivity contribution is -0.134. The highest BCUT2D eigenvalue weighted by atomic mass is 16.2. The van der Waals surface area contributed by atoms with Crippen molar-refractivity contribution >= 4 is 22.8 Å². The van der Waals surface area contributed by atoms with Gasteiger partial charge in [-0.2, -0.15) is 0 Å². The lowest BCUT2D eigenvalue weighted by atomic mass is 9.86. The van der Waals surface area contributed by atoms with Gasteiger partial charge in [0.2, 0.25) is 5.91 Å². The summed E-state index contributed by atoms with van der Waals surface area (Å²) in [7, 11) is 0. The number of aromatic nitrogens is 2. The summed E-state index contributed by atoms with van der Waals surface area (Å²) in [6, 6.07) is 8.04. The zero-order valence-corrected chi connectivity index (χ0v) is 22.5. The van der Waals surface area contributed by atoms with Crippen LogP contribution in [-0.4, -0.2) is 68.9 Å². The Labute approximate surface area is 215 Å². The number of likely N-dealkylation sites (tertiary alicyclic amines) is 1. The molecule has 1 aliphatic carbocycles. The number of carbonyl (C=O) groups excluding carboxylic acids is 2. The van der Waals surface area contributed by atoms with E-state index in [4.69, 9.17) is 0 Å². The maximum absolute atomic E-state index is 13.9. The van der Waals surface area contributed by atoms with Crippen LogP contribution in [0.5, 0.6) is 0 Å². The molecule has 0 radical (unpaired) electrons. The van der Waals surface area contributed by atoms with Crippen molar-refractivity contribution in [2.75, 3.05) is 26.2 Å². The first-order chi connectivity index (χ1) is 17.2. The molecule has 0 spiro atoms. The molecule has 3 aliphatic rings. The summed E-state index contributed by atoms with van der Waals surface area (Å²) < 4.78 is 1.96. The molecule has 36 heavy (non-hydrogen) atoms. The van der Waals surface area contributed by atoms with Gasteiger partial charge in [-0.1, -0.05) is 32.9 Å². The molecule has 7 nitrogen and oxygen atoms in total. The predicted molar refractivity (Wildman–Crippen MR) is 143 cm³/mol. The second-order valence-electron chi connectivity index (χ2n) is 12.2. The number of carbonyl (C=O) groups is 2. The molecule has 2 aliphatic heterocycles. The van der Waals surface area contributed by atoms with Crippen molar-refractivity contribution < 1.29 is 9.59 Å². The van der Waals surface area contributed by atoms with Crippen molar-refractivity contribution in [2.45, 2.75) is 84.3 Å². The van der Waals surface area contributed by atoms with Gasteiger partial charge in [0, 0.05) is 25.7 Å². The summed E-state index contributed by atoms with van der Waals surface area (Å²) in [6.45, 7) is 13.1. The van der Waals surface area contributed by atoms with Crippen LogP contribution in [0.25, 0.3) is 11.0 Å². The van der Waals surface area contributed by atoms with Gasteiger partial charge in [-0.05, 0) is 81.9 Å². The third-order valence-corrected chi connectivity index (χ3v) is 8.79. The number of amides is 2. The molecule has 2 amide bonds. The zero-order chi connectivity index (χ0) is 25.4. The number of benzene rings is 1. The minimum Gasteiger partial charge on any atom is -0.351 e. The topological polar surface area (TPSA) is 70.5 Å². The first-order valence-corrected chi connectivity index (χ1v) is 14.0. The minimum atomic E-state index is -0.945. The second-order valence-corrected chi connectivity index (χ2v) is 12.2. The van der Waals surface area contributed by atoms with Crippen LogP contribution < -0.4 is 5.32 Å². The molecule has 3 heterocycles. The van der Waals surface area contributed by atoms with Crippen LogP contribution >= 0.6 is 0 Å². The summed E-state index contributed by atoms with van der Waals surface area (Å²) in [4.78, 5) is 36.8. The van der Waals surface area contributed by atoms with E-state index in [0.717, 1.165) is 68.7 Å². The number of imidazole rings is 1. The summed E-state index contributed by atoms with van der Waals surface area (Å²) >= 11 is 0. The number of rotatable bonds is 6.